The van der Waals surface area contributed by atoms with Crippen molar-refractivity contribution in [2.24, 2.45) is 7.05 Å². The van der Waals surface area contributed by atoms with Gasteiger partial charge in [0, 0.05) is 30.4 Å². The first-order chi connectivity index (χ1) is 17.4. The maximum absolute atomic E-state index is 13.5. The van der Waals surface area contributed by atoms with E-state index in [1.807, 2.05) is 51.1 Å². The Morgan fingerprint density at radius 2 is 1.76 bits per heavy atom. The van der Waals surface area contributed by atoms with Gasteiger partial charge in [0.2, 0.25) is 0 Å². The lowest BCUT2D eigenvalue weighted by molar-refractivity contribution is 0.0737. The monoisotopic (exact) mass is 492 g/mol. The van der Waals surface area contributed by atoms with Crippen LogP contribution in [0.5, 0.6) is 0 Å². The second-order valence-corrected chi connectivity index (χ2v) is 10.5. The van der Waals surface area contributed by atoms with Crippen LogP contribution >= 0.6 is 0 Å². The number of nitriles is 1. The molecule has 4 heterocycles. The molecule has 0 atom stereocenters. The number of hydrogen-bond acceptors (Lipinski definition) is 6. The fourth-order valence-corrected chi connectivity index (χ4v) is 4.54. The minimum atomic E-state index is -1.10. The predicted octanol–water partition coefficient (Wildman–Crippen LogP) is 4.67. The topological polar surface area (TPSA) is 110 Å². The summed E-state index contributed by atoms with van der Waals surface area (Å²) in [6.07, 6.45) is 5.20. The van der Waals surface area contributed by atoms with E-state index in [0.717, 1.165) is 33.1 Å². The molecule has 0 aliphatic carbocycles. The van der Waals surface area contributed by atoms with Crippen LogP contribution in [0.2, 0.25) is 0 Å². The smallest absolute Gasteiger partial charge is 0.333 e. The van der Waals surface area contributed by atoms with Crippen LogP contribution in [-0.4, -0.2) is 29.2 Å². The van der Waals surface area contributed by atoms with E-state index in [0.29, 0.717) is 22.6 Å². The molecule has 0 saturated carbocycles. The summed E-state index contributed by atoms with van der Waals surface area (Å²) in [6, 6.07) is 13.8. The number of fused-ring (bicyclic) bond motifs is 3. The van der Waals surface area contributed by atoms with Gasteiger partial charge in [-0.25, -0.2) is 4.79 Å². The van der Waals surface area contributed by atoms with Gasteiger partial charge in [-0.3, -0.25) is 24.1 Å². The molecule has 0 amide bonds. The maximum atomic E-state index is 13.5. The number of aromatic nitrogens is 5. The molecule has 4 aromatic heterocycles. The molecule has 0 aliphatic rings. The predicted molar refractivity (Wildman–Crippen MR) is 143 cm³/mol. The highest BCUT2D eigenvalue weighted by atomic mass is 16.3. The van der Waals surface area contributed by atoms with Crippen molar-refractivity contribution >= 4 is 21.9 Å². The summed E-state index contributed by atoms with van der Waals surface area (Å²) in [6.45, 7) is 8.92. The van der Waals surface area contributed by atoms with E-state index in [4.69, 9.17) is 0 Å². The Hall–Kier alpha value is -4.35. The lowest BCUT2D eigenvalue weighted by Crippen LogP contribution is -2.23. The number of aliphatic hydroxyl groups is 1. The first kappa shape index (κ1) is 24.3. The highest BCUT2D eigenvalue weighted by Crippen LogP contribution is 2.32. The molecular weight excluding hydrogens is 464 g/mol. The van der Waals surface area contributed by atoms with Gasteiger partial charge in [-0.15, -0.1) is 0 Å². The maximum Gasteiger partial charge on any atom is 0.333 e. The van der Waals surface area contributed by atoms with Gasteiger partial charge in [0.1, 0.15) is 5.60 Å². The average Bonchev–Trinajstić information content (AvgIpc) is 3.13. The minimum Gasteiger partial charge on any atom is -0.384 e. The van der Waals surface area contributed by atoms with Crippen LogP contribution in [-0.2, 0) is 18.1 Å². The van der Waals surface area contributed by atoms with Gasteiger partial charge in [0.15, 0.2) is 0 Å². The van der Waals surface area contributed by atoms with E-state index in [9.17, 15) is 15.2 Å². The third-order valence-electron chi connectivity index (χ3n) is 6.88. The summed E-state index contributed by atoms with van der Waals surface area (Å²) in [4.78, 5) is 27.1. The Kier molecular flexibility index (Phi) is 5.50. The van der Waals surface area contributed by atoms with Crippen molar-refractivity contribution in [3.8, 4) is 22.9 Å². The molecule has 0 fully saturated rings. The van der Waals surface area contributed by atoms with Crippen LogP contribution in [0.15, 0.2) is 59.8 Å². The standard InChI is InChI=1S/C29H28N6O2/c1-17-23(9-10-25(33-17)29(4,5)37)35-26-21-12-18(19-11-20(14-31-13-19)28(2,3)16-30)7-8-22(21)32-15-24(26)34(6)27(35)36/h7-15,37H,1-6H3. The molecule has 1 aromatic carbocycles. The normalized spacial score (nSPS) is 12.3. The van der Waals surface area contributed by atoms with Crippen molar-refractivity contribution in [1.29, 1.82) is 5.26 Å². The van der Waals surface area contributed by atoms with Crippen molar-refractivity contribution in [1.82, 2.24) is 24.1 Å². The average molecular weight is 493 g/mol. The molecule has 37 heavy (non-hydrogen) atoms. The van der Waals surface area contributed by atoms with Crippen LogP contribution in [0.3, 0.4) is 0 Å². The Labute approximate surface area is 214 Å². The molecule has 5 aromatic rings. The molecule has 0 aliphatic heterocycles. The van der Waals surface area contributed by atoms with Crippen LogP contribution in [0.25, 0.3) is 38.8 Å². The van der Waals surface area contributed by atoms with Crippen molar-refractivity contribution in [3.05, 3.63) is 82.4 Å². The third kappa shape index (κ3) is 3.98. The zero-order valence-corrected chi connectivity index (χ0v) is 21.7. The number of benzene rings is 1. The van der Waals surface area contributed by atoms with Gasteiger partial charge >= 0.3 is 5.69 Å². The Balaban J connectivity index is 1.79. The van der Waals surface area contributed by atoms with Crippen LogP contribution in [0.1, 0.15) is 44.6 Å². The Bertz CT molecular complexity index is 1800. The quantitative estimate of drug-likeness (QED) is 0.390. The Morgan fingerprint density at radius 3 is 2.43 bits per heavy atom. The van der Waals surface area contributed by atoms with Crippen LogP contribution < -0.4 is 5.69 Å². The lowest BCUT2D eigenvalue weighted by atomic mass is 9.86. The molecular formula is C29H28N6O2. The van der Waals surface area contributed by atoms with Gasteiger partial charge in [-0.1, -0.05) is 6.07 Å². The minimum absolute atomic E-state index is 0.213. The van der Waals surface area contributed by atoms with Crippen LogP contribution in [0.4, 0.5) is 0 Å². The molecule has 0 radical (unpaired) electrons. The van der Waals surface area contributed by atoms with Crippen LogP contribution in [0, 0.1) is 18.3 Å². The Morgan fingerprint density at radius 1 is 1.00 bits per heavy atom. The summed E-state index contributed by atoms with van der Waals surface area (Å²) >= 11 is 0. The number of imidazole rings is 1. The molecule has 0 unspecified atom stereocenters. The van der Waals surface area contributed by atoms with E-state index >= 15 is 0 Å². The highest BCUT2D eigenvalue weighted by Gasteiger charge is 2.23. The third-order valence-corrected chi connectivity index (χ3v) is 6.88. The van der Waals surface area contributed by atoms with Gasteiger partial charge in [0.05, 0.1) is 51.3 Å². The van der Waals surface area contributed by atoms with Gasteiger partial charge in [-0.2, -0.15) is 5.26 Å². The van der Waals surface area contributed by atoms with Gasteiger partial charge in [-0.05, 0) is 76.1 Å². The van der Waals surface area contributed by atoms with E-state index in [1.54, 1.807) is 54.7 Å². The molecule has 8 nitrogen and oxygen atoms in total. The van der Waals surface area contributed by atoms with E-state index in [1.165, 1.54) is 0 Å². The highest BCUT2D eigenvalue weighted by molar-refractivity contribution is 6.04. The molecule has 5 rings (SSSR count). The van der Waals surface area contributed by atoms with Gasteiger partial charge in [0.25, 0.3) is 0 Å². The summed E-state index contributed by atoms with van der Waals surface area (Å²) in [5.41, 5.74) is 4.59. The van der Waals surface area contributed by atoms with Crippen molar-refractivity contribution < 1.29 is 5.11 Å². The number of nitrogens with zero attached hydrogens (tertiary/aromatic N) is 6. The fraction of sp³-hybridized carbons (Fsp3) is 0.276. The summed E-state index contributed by atoms with van der Waals surface area (Å²) < 4.78 is 3.24. The molecule has 0 bridgehead atoms. The van der Waals surface area contributed by atoms with Crippen molar-refractivity contribution in [2.75, 3.05) is 0 Å². The first-order valence-electron chi connectivity index (χ1n) is 12.0. The fourth-order valence-electron chi connectivity index (χ4n) is 4.54. The largest absolute Gasteiger partial charge is 0.384 e. The van der Waals surface area contributed by atoms with E-state index in [2.05, 4.69) is 21.0 Å². The zero-order valence-electron chi connectivity index (χ0n) is 21.7. The first-order valence-corrected chi connectivity index (χ1v) is 12.0. The van der Waals surface area contributed by atoms with Crippen molar-refractivity contribution in [2.45, 2.75) is 45.6 Å². The second-order valence-electron chi connectivity index (χ2n) is 10.5. The van der Waals surface area contributed by atoms with E-state index in [-0.39, 0.29) is 5.69 Å². The molecule has 8 heteroatoms. The molecule has 186 valence electrons. The van der Waals surface area contributed by atoms with Crippen molar-refractivity contribution in [3.63, 3.8) is 0 Å². The van der Waals surface area contributed by atoms with Gasteiger partial charge < -0.3 is 5.11 Å². The number of aryl methyl sites for hydroxylation is 2. The second kappa shape index (κ2) is 8.36. The molecule has 0 saturated heterocycles. The number of pyridine rings is 3. The lowest BCUT2D eigenvalue weighted by Gasteiger charge is -2.18. The zero-order chi connectivity index (χ0) is 26.7. The summed E-state index contributed by atoms with van der Waals surface area (Å²) in [7, 11) is 1.73. The summed E-state index contributed by atoms with van der Waals surface area (Å²) in [5, 5.41) is 20.8. The number of rotatable bonds is 4. The van der Waals surface area contributed by atoms with E-state index < -0.39 is 11.0 Å². The molecule has 0 spiro atoms. The number of hydrogen-bond donors (Lipinski definition) is 1. The molecule has 1 N–H and O–H groups in total. The summed E-state index contributed by atoms with van der Waals surface area (Å²) in [5.74, 6) is 0. The SMILES string of the molecule is Cc1nc(C(C)(C)O)ccc1-n1c(=O)n(C)c2cnc3ccc(-c4cncc(C(C)(C)C#N)c4)cc3c21.